The fraction of sp³-hybridized carbons (Fsp3) is 0.625. The summed E-state index contributed by atoms with van der Waals surface area (Å²) in [6, 6.07) is 6.35. The van der Waals surface area contributed by atoms with Crippen LogP contribution in [-0.2, 0) is 0 Å². The van der Waals surface area contributed by atoms with Gasteiger partial charge in [-0.05, 0) is 43.0 Å². The first-order valence-electron chi connectivity index (χ1n) is 7.39. The summed E-state index contributed by atoms with van der Waals surface area (Å²) in [6.07, 6.45) is 2.72. The largest absolute Gasteiger partial charge is 0.493 e. The Labute approximate surface area is 121 Å². The maximum Gasteiger partial charge on any atom is 0.161 e. The fourth-order valence-corrected chi connectivity index (χ4v) is 2.66. The summed E-state index contributed by atoms with van der Waals surface area (Å²) in [7, 11) is 3.32. The Balaban J connectivity index is 2.20. The van der Waals surface area contributed by atoms with Crippen LogP contribution in [0.2, 0.25) is 0 Å². The number of rotatable bonds is 8. The number of benzene rings is 1. The third-order valence-electron chi connectivity index (χ3n) is 4.05. The minimum Gasteiger partial charge on any atom is -0.493 e. The van der Waals surface area contributed by atoms with Crippen molar-refractivity contribution >= 4 is 0 Å². The lowest BCUT2D eigenvalue weighted by Crippen LogP contribution is -2.35. The van der Waals surface area contributed by atoms with Crippen molar-refractivity contribution in [1.29, 1.82) is 0 Å². The van der Waals surface area contributed by atoms with Crippen molar-refractivity contribution in [3.63, 3.8) is 0 Å². The summed E-state index contributed by atoms with van der Waals surface area (Å²) >= 11 is 0. The van der Waals surface area contributed by atoms with Crippen molar-refractivity contribution in [2.45, 2.75) is 25.8 Å². The topological polar surface area (TPSA) is 47.7 Å². The van der Waals surface area contributed by atoms with Crippen LogP contribution in [0.1, 0.15) is 31.4 Å². The predicted molar refractivity (Wildman–Crippen MR) is 81.3 cm³/mol. The van der Waals surface area contributed by atoms with Gasteiger partial charge in [-0.3, -0.25) is 4.90 Å². The highest BCUT2D eigenvalue weighted by molar-refractivity contribution is 5.43. The number of likely N-dealkylation sites (N-methyl/N-ethyl adjacent to an activating group) is 1. The number of nitrogens with zero attached hydrogens (tertiary/aromatic N) is 1. The van der Waals surface area contributed by atoms with Gasteiger partial charge >= 0.3 is 0 Å². The van der Waals surface area contributed by atoms with Gasteiger partial charge < -0.3 is 15.2 Å². The molecule has 1 atom stereocenters. The summed E-state index contributed by atoms with van der Waals surface area (Å²) in [5.74, 6) is 2.40. The van der Waals surface area contributed by atoms with Crippen LogP contribution >= 0.6 is 0 Å². The lowest BCUT2D eigenvalue weighted by molar-refractivity contribution is 0.203. The molecule has 1 aromatic rings. The molecule has 0 spiro atoms. The van der Waals surface area contributed by atoms with Crippen molar-refractivity contribution in [3.05, 3.63) is 23.8 Å². The highest BCUT2D eigenvalue weighted by atomic mass is 16.5. The SMILES string of the molecule is CCN(CC1CC1)C(CN)c1ccc(OC)c(OC)c1. The van der Waals surface area contributed by atoms with E-state index in [1.165, 1.54) is 18.4 Å². The molecule has 1 aliphatic rings. The quantitative estimate of drug-likeness (QED) is 0.793. The summed E-state index contributed by atoms with van der Waals surface area (Å²) in [5.41, 5.74) is 7.23. The predicted octanol–water partition coefficient (Wildman–Crippen LogP) is 2.44. The molecule has 0 saturated heterocycles. The van der Waals surface area contributed by atoms with Crippen LogP contribution in [0.15, 0.2) is 18.2 Å². The second-order valence-electron chi connectivity index (χ2n) is 5.40. The molecule has 4 heteroatoms. The van der Waals surface area contributed by atoms with Crippen LogP contribution in [0.5, 0.6) is 11.5 Å². The molecule has 2 rings (SSSR count). The van der Waals surface area contributed by atoms with Crippen molar-refractivity contribution in [2.75, 3.05) is 33.9 Å². The van der Waals surface area contributed by atoms with Crippen molar-refractivity contribution in [1.82, 2.24) is 4.90 Å². The Morgan fingerprint density at radius 3 is 2.45 bits per heavy atom. The average Bonchev–Trinajstić information content (AvgIpc) is 3.30. The third kappa shape index (κ3) is 3.44. The molecule has 20 heavy (non-hydrogen) atoms. The highest BCUT2D eigenvalue weighted by Gasteiger charge is 2.27. The minimum atomic E-state index is 0.250. The number of hydrogen-bond acceptors (Lipinski definition) is 4. The number of ether oxygens (including phenoxy) is 2. The van der Waals surface area contributed by atoms with Gasteiger partial charge in [-0.25, -0.2) is 0 Å². The van der Waals surface area contributed by atoms with E-state index in [2.05, 4.69) is 17.9 Å². The maximum absolute atomic E-state index is 6.03. The summed E-state index contributed by atoms with van der Waals surface area (Å²) in [4.78, 5) is 2.47. The van der Waals surface area contributed by atoms with E-state index in [-0.39, 0.29) is 6.04 Å². The summed E-state index contributed by atoms with van der Waals surface area (Å²) in [5, 5.41) is 0. The molecular weight excluding hydrogens is 252 g/mol. The summed E-state index contributed by atoms with van der Waals surface area (Å²) in [6.45, 7) is 4.99. The molecule has 2 N–H and O–H groups in total. The molecule has 1 fully saturated rings. The molecule has 0 bridgehead atoms. The molecule has 1 aromatic carbocycles. The Morgan fingerprint density at radius 1 is 1.25 bits per heavy atom. The van der Waals surface area contributed by atoms with Crippen molar-refractivity contribution in [3.8, 4) is 11.5 Å². The zero-order chi connectivity index (χ0) is 14.5. The van der Waals surface area contributed by atoms with Crippen LogP contribution in [-0.4, -0.2) is 38.8 Å². The average molecular weight is 278 g/mol. The molecule has 1 saturated carbocycles. The van der Waals surface area contributed by atoms with Gasteiger partial charge in [0, 0.05) is 19.1 Å². The van der Waals surface area contributed by atoms with E-state index >= 15 is 0 Å². The van der Waals surface area contributed by atoms with E-state index in [9.17, 15) is 0 Å². The minimum absolute atomic E-state index is 0.250. The van der Waals surface area contributed by atoms with E-state index in [4.69, 9.17) is 15.2 Å². The van der Waals surface area contributed by atoms with Crippen LogP contribution in [0.25, 0.3) is 0 Å². The first kappa shape index (κ1) is 15.1. The molecule has 0 amide bonds. The normalized spacial score (nSPS) is 16.2. The third-order valence-corrected chi connectivity index (χ3v) is 4.05. The van der Waals surface area contributed by atoms with Gasteiger partial charge in [0.25, 0.3) is 0 Å². The number of hydrogen-bond donors (Lipinski definition) is 1. The van der Waals surface area contributed by atoms with Gasteiger partial charge in [-0.15, -0.1) is 0 Å². The van der Waals surface area contributed by atoms with E-state index in [1.54, 1.807) is 14.2 Å². The van der Waals surface area contributed by atoms with Gasteiger partial charge in [0.2, 0.25) is 0 Å². The lowest BCUT2D eigenvalue weighted by Gasteiger charge is -2.30. The molecule has 0 heterocycles. The van der Waals surface area contributed by atoms with E-state index in [0.29, 0.717) is 6.54 Å². The fourth-order valence-electron chi connectivity index (χ4n) is 2.66. The number of nitrogens with two attached hydrogens (primary N) is 1. The molecule has 0 radical (unpaired) electrons. The van der Waals surface area contributed by atoms with Crippen molar-refractivity contribution < 1.29 is 9.47 Å². The van der Waals surface area contributed by atoms with Gasteiger partial charge in [0.1, 0.15) is 0 Å². The van der Waals surface area contributed by atoms with Crippen molar-refractivity contribution in [2.24, 2.45) is 11.7 Å². The van der Waals surface area contributed by atoms with Gasteiger partial charge in [0.15, 0.2) is 11.5 Å². The molecule has 1 aliphatic carbocycles. The Kier molecular flexibility index (Phi) is 5.26. The van der Waals surface area contributed by atoms with Gasteiger partial charge in [0.05, 0.1) is 14.2 Å². The Morgan fingerprint density at radius 2 is 1.95 bits per heavy atom. The van der Waals surface area contributed by atoms with Crippen LogP contribution in [0.3, 0.4) is 0 Å². The highest BCUT2D eigenvalue weighted by Crippen LogP contribution is 2.35. The van der Waals surface area contributed by atoms with E-state index < -0.39 is 0 Å². The monoisotopic (exact) mass is 278 g/mol. The molecule has 0 aliphatic heterocycles. The molecule has 1 unspecified atom stereocenters. The molecule has 112 valence electrons. The standard InChI is InChI=1S/C16H26N2O2/c1-4-18(11-12-5-6-12)14(10-17)13-7-8-15(19-2)16(9-13)20-3/h7-9,12,14H,4-6,10-11,17H2,1-3H3. The van der Waals surface area contributed by atoms with Crippen LogP contribution < -0.4 is 15.2 Å². The smallest absolute Gasteiger partial charge is 0.161 e. The second kappa shape index (κ2) is 6.95. The zero-order valence-corrected chi connectivity index (χ0v) is 12.8. The second-order valence-corrected chi connectivity index (χ2v) is 5.40. The lowest BCUT2D eigenvalue weighted by atomic mass is 10.0. The van der Waals surface area contributed by atoms with Crippen LogP contribution in [0, 0.1) is 5.92 Å². The first-order valence-corrected chi connectivity index (χ1v) is 7.39. The Hall–Kier alpha value is -1.26. The summed E-state index contributed by atoms with van der Waals surface area (Å²) < 4.78 is 10.7. The van der Waals surface area contributed by atoms with E-state index in [1.807, 2.05) is 12.1 Å². The molecule has 4 nitrogen and oxygen atoms in total. The molecular formula is C16H26N2O2. The maximum atomic E-state index is 6.03. The number of methoxy groups -OCH3 is 2. The Bertz CT molecular complexity index is 432. The first-order chi connectivity index (χ1) is 9.73. The van der Waals surface area contributed by atoms with Gasteiger partial charge in [-0.1, -0.05) is 13.0 Å². The van der Waals surface area contributed by atoms with Gasteiger partial charge in [-0.2, -0.15) is 0 Å². The zero-order valence-electron chi connectivity index (χ0n) is 12.8. The van der Waals surface area contributed by atoms with E-state index in [0.717, 1.165) is 30.5 Å². The molecule has 0 aromatic heterocycles. The van der Waals surface area contributed by atoms with Crippen LogP contribution in [0.4, 0.5) is 0 Å².